The summed E-state index contributed by atoms with van der Waals surface area (Å²) in [5.41, 5.74) is 0. The van der Waals surface area contributed by atoms with Gasteiger partial charge in [0.15, 0.2) is 0 Å². The van der Waals surface area contributed by atoms with E-state index in [1.165, 1.54) is 0 Å². The maximum atomic E-state index is 10.9. The van der Waals surface area contributed by atoms with Crippen LogP contribution in [-0.2, 0) is 14.2 Å². The molecule has 1 aliphatic rings. The molecular weight excluding hydrogens is 388 g/mol. The van der Waals surface area contributed by atoms with Crippen molar-refractivity contribution in [1.82, 2.24) is 0 Å². The number of rotatable bonds is 11. The normalized spacial score (nSPS) is 15.5. The average molecular weight is 414 g/mol. The largest absolute Gasteiger partial charge is 0.507 e. The number of epoxide rings is 1. The summed E-state index contributed by atoms with van der Waals surface area (Å²) in [6, 6.07) is 11.0. The maximum absolute atomic E-state index is 10.9. The van der Waals surface area contributed by atoms with Gasteiger partial charge in [-0.1, -0.05) is 0 Å². The fraction of sp³-hybridized carbons (Fsp3) is 0.391. The third-order valence-electron chi connectivity index (χ3n) is 5.01. The predicted molar refractivity (Wildman–Crippen MR) is 113 cm³/mol. The molecule has 1 aliphatic heterocycles. The van der Waals surface area contributed by atoms with Crippen molar-refractivity contribution in [2.75, 3.05) is 53.9 Å². The van der Waals surface area contributed by atoms with Gasteiger partial charge in [0.2, 0.25) is 0 Å². The highest BCUT2D eigenvalue weighted by molar-refractivity contribution is 6.11. The number of aromatic hydroxyl groups is 1. The van der Waals surface area contributed by atoms with Crippen LogP contribution >= 0.6 is 0 Å². The summed E-state index contributed by atoms with van der Waals surface area (Å²) in [5, 5.41) is 13.8. The Balaban J connectivity index is 1.52. The van der Waals surface area contributed by atoms with Crippen molar-refractivity contribution in [2.24, 2.45) is 0 Å². The van der Waals surface area contributed by atoms with Crippen molar-refractivity contribution >= 4 is 21.5 Å². The van der Waals surface area contributed by atoms with E-state index in [1.54, 1.807) is 20.3 Å². The van der Waals surface area contributed by atoms with Crippen LogP contribution in [0, 0.1) is 0 Å². The molecule has 0 bridgehead atoms. The molecule has 1 heterocycles. The first-order chi connectivity index (χ1) is 14.7. The van der Waals surface area contributed by atoms with Crippen molar-refractivity contribution in [3.05, 3.63) is 36.4 Å². The first kappa shape index (κ1) is 20.5. The molecule has 0 aliphatic carbocycles. The summed E-state index contributed by atoms with van der Waals surface area (Å²) < 4.78 is 33.0. The van der Waals surface area contributed by atoms with E-state index in [9.17, 15) is 5.11 Å². The lowest BCUT2D eigenvalue weighted by molar-refractivity contribution is 0.0320. The van der Waals surface area contributed by atoms with Crippen LogP contribution in [0.2, 0.25) is 0 Å². The quantitative estimate of drug-likeness (QED) is 0.292. The molecule has 1 atom stereocenters. The van der Waals surface area contributed by atoms with Gasteiger partial charge in [0.1, 0.15) is 35.7 Å². The number of hydrogen-bond acceptors (Lipinski definition) is 7. The molecule has 0 aromatic heterocycles. The number of benzene rings is 3. The van der Waals surface area contributed by atoms with E-state index in [0.29, 0.717) is 61.1 Å². The van der Waals surface area contributed by atoms with Crippen LogP contribution in [0.5, 0.6) is 23.0 Å². The lowest BCUT2D eigenvalue weighted by Crippen LogP contribution is -2.12. The van der Waals surface area contributed by atoms with E-state index in [-0.39, 0.29) is 11.9 Å². The minimum Gasteiger partial charge on any atom is -0.507 e. The second-order valence-electron chi connectivity index (χ2n) is 6.99. The Bertz CT molecular complexity index is 1010. The van der Waals surface area contributed by atoms with Gasteiger partial charge < -0.3 is 33.5 Å². The van der Waals surface area contributed by atoms with E-state index in [1.807, 2.05) is 30.3 Å². The summed E-state index contributed by atoms with van der Waals surface area (Å²) in [6.45, 7) is 3.23. The highest BCUT2D eigenvalue weighted by Crippen LogP contribution is 2.44. The first-order valence-electron chi connectivity index (χ1n) is 9.91. The Labute approximate surface area is 175 Å². The third-order valence-corrected chi connectivity index (χ3v) is 5.01. The molecule has 1 saturated heterocycles. The molecule has 7 nitrogen and oxygen atoms in total. The Morgan fingerprint density at radius 2 is 1.47 bits per heavy atom. The minimum absolute atomic E-state index is 0.182. The smallest absolute Gasteiger partial charge is 0.135 e. The van der Waals surface area contributed by atoms with Crippen molar-refractivity contribution in [2.45, 2.75) is 6.10 Å². The monoisotopic (exact) mass is 414 g/mol. The fourth-order valence-corrected chi connectivity index (χ4v) is 3.34. The second-order valence-corrected chi connectivity index (χ2v) is 6.99. The van der Waals surface area contributed by atoms with Gasteiger partial charge in [-0.15, -0.1) is 0 Å². The molecule has 0 saturated carbocycles. The highest BCUT2D eigenvalue weighted by Gasteiger charge is 2.22. The van der Waals surface area contributed by atoms with Crippen molar-refractivity contribution in [1.29, 1.82) is 0 Å². The number of fused-ring (bicyclic) bond motifs is 2. The summed E-state index contributed by atoms with van der Waals surface area (Å²) in [6.07, 6.45) is 0.264. The van der Waals surface area contributed by atoms with E-state index < -0.39 is 0 Å². The number of phenols is 1. The van der Waals surface area contributed by atoms with Gasteiger partial charge in [0, 0.05) is 21.5 Å². The van der Waals surface area contributed by atoms with Gasteiger partial charge in [0.05, 0.1) is 47.3 Å². The number of hydrogen-bond donors (Lipinski definition) is 1. The molecule has 1 unspecified atom stereocenters. The number of ether oxygens (including phenoxy) is 6. The molecule has 0 spiro atoms. The molecule has 4 rings (SSSR count). The molecule has 3 aromatic carbocycles. The van der Waals surface area contributed by atoms with E-state index >= 15 is 0 Å². The van der Waals surface area contributed by atoms with Gasteiger partial charge in [-0.05, 0) is 36.4 Å². The van der Waals surface area contributed by atoms with Gasteiger partial charge in [-0.25, -0.2) is 0 Å². The molecule has 1 N–H and O–H groups in total. The van der Waals surface area contributed by atoms with Crippen LogP contribution in [0.25, 0.3) is 21.5 Å². The van der Waals surface area contributed by atoms with Gasteiger partial charge >= 0.3 is 0 Å². The molecule has 0 radical (unpaired) electrons. The fourth-order valence-electron chi connectivity index (χ4n) is 3.34. The Hall–Kier alpha value is -2.74. The van der Waals surface area contributed by atoms with E-state index in [4.69, 9.17) is 28.4 Å². The highest BCUT2D eigenvalue weighted by atomic mass is 16.6. The van der Waals surface area contributed by atoms with Crippen LogP contribution in [0.3, 0.4) is 0 Å². The van der Waals surface area contributed by atoms with Crippen LogP contribution in [0.15, 0.2) is 36.4 Å². The topological polar surface area (TPSA) is 78.9 Å². The van der Waals surface area contributed by atoms with Crippen molar-refractivity contribution in [3.63, 3.8) is 0 Å². The lowest BCUT2D eigenvalue weighted by Gasteiger charge is -2.16. The Kier molecular flexibility index (Phi) is 6.42. The van der Waals surface area contributed by atoms with Gasteiger partial charge in [0.25, 0.3) is 0 Å². The minimum atomic E-state index is 0.182. The zero-order valence-corrected chi connectivity index (χ0v) is 17.2. The van der Waals surface area contributed by atoms with E-state index in [2.05, 4.69) is 0 Å². The number of methoxy groups -OCH3 is 2. The Morgan fingerprint density at radius 3 is 2.17 bits per heavy atom. The van der Waals surface area contributed by atoms with Crippen LogP contribution in [0.1, 0.15) is 0 Å². The predicted octanol–water partition coefficient (Wildman–Crippen LogP) is 3.53. The molecule has 160 valence electrons. The zero-order valence-electron chi connectivity index (χ0n) is 17.2. The summed E-state index contributed by atoms with van der Waals surface area (Å²) in [4.78, 5) is 0. The van der Waals surface area contributed by atoms with Gasteiger partial charge in [-0.2, -0.15) is 0 Å². The summed E-state index contributed by atoms with van der Waals surface area (Å²) >= 11 is 0. The molecule has 7 heteroatoms. The molecule has 3 aromatic rings. The van der Waals surface area contributed by atoms with Crippen LogP contribution in [0.4, 0.5) is 0 Å². The summed E-state index contributed by atoms with van der Waals surface area (Å²) in [7, 11) is 3.21. The van der Waals surface area contributed by atoms with Crippen LogP contribution < -0.4 is 14.2 Å². The average Bonchev–Trinajstić information content (AvgIpc) is 3.61. The lowest BCUT2D eigenvalue weighted by atomic mass is 10.00. The zero-order chi connectivity index (χ0) is 20.9. The van der Waals surface area contributed by atoms with Gasteiger partial charge in [-0.3, -0.25) is 0 Å². The first-order valence-corrected chi connectivity index (χ1v) is 9.91. The van der Waals surface area contributed by atoms with E-state index in [0.717, 1.165) is 17.4 Å². The molecule has 0 amide bonds. The SMILES string of the molecule is COc1ccc2c(OCCOCCOCC3CO3)c3cc(OC)ccc3c(O)c2c1. The molecule has 1 fully saturated rings. The molecular formula is C23H26O7. The Morgan fingerprint density at radius 1 is 0.833 bits per heavy atom. The second kappa shape index (κ2) is 9.38. The standard InChI is InChI=1S/C23H26O7/c1-25-15-4-6-19-20(11-15)22(24)18-5-3-16(26-2)12-21(18)23(19)29-10-9-27-7-8-28-13-17-14-30-17/h3-6,11-12,17,24H,7-10,13-14H2,1-2H3. The molecule has 30 heavy (non-hydrogen) atoms. The number of phenolic OH excluding ortho intramolecular Hbond substituents is 1. The summed E-state index contributed by atoms with van der Waals surface area (Å²) in [5.74, 6) is 2.20. The third kappa shape index (κ3) is 4.53. The maximum Gasteiger partial charge on any atom is 0.135 e. The van der Waals surface area contributed by atoms with Crippen molar-refractivity contribution < 1.29 is 33.5 Å². The van der Waals surface area contributed by atoms with Crippen molar-refractivity contribution in [3.8, 4) is 23.0 Å². The van der Waals surface area contributed by atoms with Crippen LogP contribution in [-0.4, -0.2) is 65.1 Å².